The Morgan fingerprint density at radius 1 is 1.30 bits per heavy atom. The number of hydrogen-bond donors (Lipinski definition) is 0. The van der Waals surface area contributed by atoms with Gasteiger partial charge in [0.25, 0.3) is 5.91 Å². The van der Waals surface area contributed by atoms with Crippen LogP contribution in [-0.2, 0) is 16.0 Å². The van der Waals surface area contributed by atoms with Gasteiger partial charge >= 0.3 is 5.97 Å². The molecule has 0 bridgehead atoms. The van der Waals surface area contributed by atoms with Crippen molar-refractivity contribution >= 4 is 17.6 Å². The van der Waals surface area contributed by atoms with E-state index in [1.165, 1.54) is 6.26 Å². The van der Waals surface area contributed by atoms with Crippen molar-refractivity contribution in [2.45, 2.75) is 39.3 Å². The minimum atomic E-state index is -0.856. The van der Waals surface area contributed by atoms with Crippen molar-refractivity contribution < 1.29 is 18.7 Å². The second-order valence-corrected chi connectivity index (χ2v) is 5.83. The van der Waals surface area contributed by atoms with E-state index in [-0.39, 0.29) is 11.9 Å². The summed E-state index contributed by atoms with van der Waals surface area (Å²) in [6.45, 7) is 5.28. The lowest BCUT2D eigenvalue weighted by atomic mass is 10.1. The smallest absolute Gasteiger partial charge is 0.342 e. The molecule has 1 aliphatic heterocycles. The highest BCUT2D eigenvalue weighted by atomic mass is 16.5. The topological polar surface area (TPSA) is 59.8 Å². The van der Waals surface area contributed by atoms with Crippen molar-refractivity contribution in [1.82, 2.24) is 0 Å². The zero-order valence-electron chi connectivity index (χ0n) is 13.4. The molecule has 3 rings (SSSR count). The first-order valence-corrected chi connectivity index (χ1v) is 7.65. The highest BCUT2D eigenvalue weighted by molar-refractivity contribution is 6.01. The molecular weight excluding hydrogens is 294 g/mol. The summed E-state index contributed by atoms with van der Waals surface area (Å²) in [5.74, 6) is -0.274. The van der Waals surface area contributed by atoms with Crippen LogP contribution >= 0.6 is 0 Å². The molecule has 5 heteroatoms. The second kappa shape index (κ2) is 5.91. The summed E-state index contributed by atoms with van der Waals surface area (Å²) < 4.78 is 10.4. The number of fused-ring (bicyclic) bond motifs is 1. The first-order valence-electron chi connectivity index (χ1n) is 7.65. The number of nitrogens with zero attached hydrogens (tertiary/aromatic N) is 1. The number of anilines is 1. The SMILES string of the molecule is Cc1occc1C(=O)O[C@@H](C)C(=O)N1c2ccccc2C[C@H]1C. The molecule has 0 aliphatic carbocycles. The van der Waals surface area contributed by atoms with Crippen LogP contribution in [0.15, 0.2) is 41.0 Å². The maximum Gasteiger partial charge on any atom is 0.342 e. The van der Waals surface area contributed by atoms with E-state index in [0.717, 1.165) is 17.7 Å². The summed E-state index contributed by atoms with van der Waals surface area (Å²) >= 11 is 0. The number of carbonyl (C=O) groups is 2. The second-order valence-electron chi connectivity index (χ2n) is 5.83. The van der Waals surface area contributed by atoms with Crippen molar-refractivity contribution in [1.29, 1.82) is 0 Å². The van der Waals surface area contributed by atoms with Gasteiger partial charge in [-0.1, -0.05) is 18.2 Å². The first-order chi connectivity index (χ1) is 11.0. The summed E-state index contributed by atoms with van der Waals surface area (Å²) in [4.78, 5) is 26.6. The quantitative estimate of drug-likeness (QED) is 0.817. The molecule has 0 N–H and O–H groups in total. The van der Waals surface area contributed by atoms with Crippen molar-refractivity contribution in [3.05, 3.63) is 53.5 Å². The van der Waals surface area contributed by atoms with E-state index in [2.05, 4.69) is 0 Å². The third kappa shape index (κ3) is 2.74. The van der Waals surface area contributed by atoms with Gasteiger partial charge in [-0.25, -0.2) is 4.79 Å². The fraction of sp³-hybridized carbons (Fsp3) is 0.333. The van der Waals surface area contributed by atoms with Gasteiger partial charge in [0.05, 0.1) is 6.26 Å². The number of ether oxygens (including phenoxy) is 1. The number of para-hydroxylation sites is 1. The summed E-state index contributed by atoms with van der Waals surface area (Å²) in [6, 6.07) is 9.41. The Morgan fingerprint density at radius 2 is 2.04 bits per heavy atom. The predicted molar refractivity (Wildman–Crippen MR) is 85.4 cm³/mol. The van der Waals surface area contributed by atoms with Crippen LogP contribution in [0.5, 0.6) is 0 Å². The zero-order chi connectivity index (χ0) is 16.6. The Kier molecular flexibility index (Phi) is 3.94. The average molecular weight is 313 g/mol. The normalized spacial score (nSPS) is 17.7. The van der Waals surface area contributed by atoms with Gasteiger partial charge in [0.1, 0.15) is 11.3 Å². The number of benzene rings is 1. The highest BCUT2D eigenvalue weighted by Gasteiger charge is 2.34. The van der Waals surface area contributed by atoms with Crippen molar-refractivity contribution in [3.8, 4) is 0 Å². The fourth-order valence-corrected chi connectivity index (χ4v) is 2.97. The van der Waals surface area contributed by atoms with Crippen LogP contribution in [0, 0.1) is 6.92 Å². The van der Waals surface area contributed by atoms with Gasteiger partial charge in [0.2, 0.25) is 0 Å². The monoisotopic (exact) mass is 313 g/mol. The number of aryl methyl sites for hydroxylation is 1. The van der Waals surface area contributed by atoms with Crippen LogP contribution in [0.1, 0.15) is 35.5 Å². The molecule has 2 atom stereocenters. The lowest BCUT2D eigenvalue weighted by Gasteiger charge is -2.25. The lowest BCUT2D eigenvalue weighted by Crippen LogP contribution is -2.43. The Morgan fingerprint density at radius 3 is 2.74 bits per heavy atom. The van der Waals surface area contributed by atoms with E-state index in [1.54, 1.807) is 24.8 Å². The van der Waals surface area contributed by atoms with Gasteiger partial charge in [-0.2, -0.15) is 0 Å². The third-order valence-corrected chi connectivity index (χ3v) is 4.16. The molecule has 0 saturated carbocycles. The molecule has 1 aromatic carbocycles. The van der Waals surface area contributed by atoms with Crippen LogP contribution in [0.2, 0.25) is 0 Å². The van der Waals surface area contributed by atoms with Crippen molar-refractivity contribution in [2.24, 2.45) is 0 Å². The van der Waals surface area contributed by atoms with Crippen molar-refractivity contribution in [2.75, 3.05) is 4.90 Å². The zero-order valence-corrected chi connectivity index (χ0v) is 13.4. The van der Waals surface area contributed by atoms with Crippen LogP contribution < -0.4 is 4.90 Å². The molecule has 120 valence electrons. The van der Waals surface area contributed by atoms with E-state index in [9.17, 15) is 9.59 Å². The number of carbonyl (C=O) groups excluding carboxylic acids is 2. The van der Waals surface area contributed by atoms with Crippen LogP contribution in [0.3, 0.4) is 0 Å². The Bertz CT molecular complexity index is 749. The average Bonchev–Trinajstić information content (AvgIpc) is 3.08. The van der Waals surface area contributed by atoms with Gasteiger partial charge in [-0.15, -0.1) is 0 Å². The number of esters is 1. The fourth-order valence-electron chi connectivity index (χ4n) is 2.97. The van der Waals surface area contributed by atoms with Gasteiger partial charge in [-0.3, -0.25) is 4.79 Å². The Labute approximate surface area is 134 Å². The maximum atomic E-state index is 12.7. The molecule has 2 heterocycles. The van der Waals surface area contributed by atoms with Gasteiger partial charge in [0, 0.05) is 11.7 Å². The summed E-state index contributed by atoms with van der Waals surface area (Å²) in [5, 5.41) is 0. The standard InChI is InChI=1S/C18H19NO4/c1-11-10-14-6-4-5-7-16(14)19(11)17(20)13(3)23-18(21)15-8-9-22-12(15)2/h4-9,11,13H,10H2,1-3H3/t11-,13+/m1/s1. The largest absolute Gasteiger partial charge is 0.469 e. The van der Waals surface area contributed by atoms with E-state index in [1.807, 2.05) is 31.2 Å². The third-order valence-electron chi connectivity index (χ3n) is 4.16. The lowest BCUT2D eigenvalue weighted by molar-refractivity contribution is -0.126. The van der Waals surface area contributed by atoms with E-state index < -0.39 is 12.1 Å². The molecule has 0 fully saturated rings. The Hall–Kier alpha value is -2.56. The van der Waals surface area contributed by atoms with Gasteiger partial charge < -0.3 is 14.1 Å². The van der Waals surface area contributed by atoms with Gasteiger partial charge in [0.15, 0.2) is 6.10 Å². The molecule has 0 spiro atoms. The summed E-state index contributed by atoms with van der Waals surface area (Å²) in [5.41, 5.74) is 2.38. The molecule has 23 heavy (non-hydrogen) atoms. The van der Waals surface area contributed by atoms with Crippen molar-refractivity contribution in [3.63, 3.8) is 0 Å². The Balaban J connectivity index is 1.75. The minimum Gasteiger partial charge on any atom is -0.469 e. The molecule has 1 aliphatic rings. The van der Waals surface area contributed by atoms with Crippen LogP contribution in [-0.4, -0.2) is 24.0 Å². The molecule has 0 unspecified atom stereocenters. The van der Waals surface area contributed by atoms with Gasteiger partial charge in [-0.05, 0) is 44.9 Å². The molecule has 1 amide bonds. The summed E-state index contributed by atoms with van der Waals surface area (Å²) in [7, 11) is 0. The maximum absolute atomic E-state index is 12.7. The van der Waals surface area contributed by atoms with E-state index >= 15 is 0 Å². The number of hydrogen-bond acceptors (Lipinski definition) is 4. The van der Waals surface area contributed by atoms with Crippen LogP contribution in [0.25, 0.3) is 0 Å². The molecule has 5 nitrogen and oxygen atoms in total. The summed E-state index contributed by atoms with van der Waals surface area (Å²) in [6.07, 6.45) is 1.38. The highest BCUT2D eigenvalue weighted by Crippen LogP contribution is 2.32. The number of amides is 1. The molecule has 1 aromatic heterocycles. The molecule has 0 saturated heterocycles. The molecular formula is C18H19NO4. The number of furan rings is 1. The predicted octanol–water partition coefficient (Wildman–Crippen LogP) is 3.11. The van der Waals surface area contributed by atoms with E-state index in [0.29, 0.717) is 11.3 Å². The number of rotatable bonds is 3. The van der Waals surface area contributed by atoms with E-state index in [4.69, 9.17) is 9.15 Å². The molecule has 2 aromatic rings. The molecule has 0 radical (unpaired) electrons. The first kappa shape index (κ1) is 15.3. The van der Waals surface area contributed by atoms with Crippen LogP contribution in [0.4, 0.5) is 5.69 Å². The minimum absolute atomic E-state index is 0.0525.